The first-order valence-corrected chi connectivity index (χ1v) is 6.29. The van der Waals surface area contributed by atoms with Crippen molar-refractivity contribution in [3.8, 4) is 6.07 Å². The van der Waals surface area contributed by atoms with E-state index in [9.17, 15) is 10.1 Å². The fourth-order valence-corrected chi connectivity index (χ4v) is 2.45. The molecule has 1 aromatic carbocycles. The fraction of sp³-hybridized carbons (Fsp3) is 0.462. The van der Waals surface area contributed by atoms with Crippen LogP contribution in [0.25, 0.3) is 0 Å². The van der Waals surface area contributed by atoms with E-state index in [0.717, 1.165) is 31.6 Å². The molecule has 0 bridgehead atoms. The molecule has 1 unspecified atom stereocenters. The summed E-state index contributed by atoms with van der Waals surface area (Å²) in [6, 6.07) is 6.61. The molecule has 0 saturated carbocycles. The van der Waals surface area contributed by atoms with Crippen LogP contribution in [0.15, 0.2) is 18.2 Å². The molecule has 6 heteroatoms. The van der Waals surface area contributed by atoms with Crippen LogP contribution >= 0.6 is 0 Å². The van der Waals surface area contributed by atoms with Crippen LogP contribution in [0.5, 0.6) is 0 Å². The highest BCUT2D eigenvalue weighted by Crippen LogP contribution is 2.28. The molecule has 1 heterocycles. The van der Waals surface area contributed by atoms with Crippen LogP contribution in [0.1, 0.15) is 18.4 Å². The predicted molar refractivity (Wildman–Crippen MR) is 71.8 cm³/mol. The Morgan fingerprint density at radius 1 is 1.58 bits per heavy atom. The van der Waals surface area contributed by atoms with E-state index in [1.54, 1.807) is 6.07 Å². The third-order valence-corrected chi connectivity index (χ3v) is 3.52. The van der Waals surface area contributed by atoms with Gasteiger partial charge in [-0.2, -0.15) is 5.26 Å². The number of benzene rings is 1. The van der Waals surface area contributed by atoms with Gasteiger partial charge in [0.2, 0.25) is 0 Å². The van der Waals surface area contributed by atoms with E-state index in [0.29, 0.717) is 12.5 Å². The zero-order chi connectivity index (χ0) is 13.8. The lowest BCUT2D eigenvalue weighted by atomic mass is 9.97. The van der Waals surface area contributed by atoms with Gasteiger partial charge in [0.15, 0.2) is 0 Å². The third-order valence-electron chi connectivity index (χ3n) is 3.52. The van der Waals surface area contributed by atoms with Crippen LogP contribution in [0.3, 0.4) is 0 Å². The van der Waals surface area contributed by atoms with Gasteiger partial charge in [0.1, 0.15) is 11.6 Å². The summed E-state index contributed by atoms with van der Waals surface area (Å²) in [4.78, 5) is 12.6. The monoisotopic (exact) mass is 260 g/mol. The van der Waals surface area contributed by atoms with Crippen LogP contribution in [0.2, 0.25) is 0 Å². The second-order valence-corrected chi connectivity index (χ2v) is 4.76. The zero-order valence-electron chi connectivity index (χ0n) is 10.6. The number of nitro benzene ring substituents is 1. The topological polar surface area (TPSA) is 96.2 Å². The van der Waals surface area contributed by atoms with E-state index >= 15 is 0 Å². The molecule has 0 aliphatic carbocycles. The van der Waals surface area contributed by atoms with Gasteiger partial charge in [-0.15, -0.1) is 0 Å². The van der Waals surface area contributed by atoms with Crippen LogP contribution < -0.4 is 10.6 Å². The maximum absolute atomic E-state index is 11.0. The fourth-order valence-electron chi connectivity index (χ4n) is 2.45. The lowest BCUT2D eigenvalue weighted by Gasteiger charge is -2.33. The quantitative estimate of drug-likeness (QED) is 0.658. The highest BCUT2D eigenvalue weighted by Gasteiger charge is 2.22. The molecule has 2 rings (SSSR count). The van der Waals surface area contributed by atoms with Gasteiger partial charge in [0, 0.05) is 24.8 Å². The third kappa shape index (κ3) is 2.83. The van der Waals surface area contributed by atoms with E-state index in [1.807, 2.05) is 6.07 Å². The van der Waals surface area contributed by atoms with Gasteiger partial charge < -0.3 is 10.6 Å². The molecule has 2 N–H and O–H groups in total. The van der Waals surface area contributed by atoms with Gasteiger partial charge in [-0.3, -0.25) is 10.1 Å². The van der Waals surface area contributed by atoms with Gasteiger partial charge in [0.25, 0.3) is 5.69 Å². The SMILES string of the molecule is N#Cc1ccc(N2CCCC(CN)C2)cc1[N+](=O)[O-]. The average Bonchev–Trinajstić information content (AvgIpc) is 2.46. The Morgan fingerprint density at radius 2 is 2.37 bits per heavy atom. The highest BCUT2D eigenvalue weighted by atomic mass is 16.6. The Kier molecular flexibility index (Phi) is 3.97. The van der Waals surface area contributed by atoms with Crippen LogP contribution in [-0.2, 0) is 0 Å². The Balaban J connectivity index is 2.28. The van der Waals surface area contributed by atoms with Crippen molar-refractivity contribution in [2.75, 3.05) is 24.5 Å². The Morgan fingerprint density at radius 3 is 3.00 bits per heavy atom. The maximum atomic E-state index is 11.0. The van der Waals surface area contributed by atoms with Crippen LogP contribution in [0.4, 0.5) is 11.4 Å². The summed E-state index contributed by atoms with van der Waals surface area (Å²) in [5, 5.41) is 19.8. The van der Waals surface area contributed by atoms with Crippen molar-refractivity contribution < 1.29 is 4.92 Å². The van der Waals surface area contributed by atoms with Crippen LogP contribution in [-0.4, -0.2) is 24.6 Å². The van der Waals surface area contributed by atoms with E-state index in [-0.39, 0.29) is 11.3 Å². The molecule has 1 fully saturated rings. The number of anilines is 1. The minimum absolute atomic E-state index is 0.0983. The average molecular weight is 260 g/mol. The molecule has 0 spiro atoms. The molecule has 1 aromatic rings. The number of nitrogens with two attached hydrogens (primary N) is 1. The summed E-state index contributed by atoms with van der Waals surface area (Å²) in [5.74, 6) is 0.434. The van der Waals surface area contributed by atoms with Crippen molar-refractivity contribution in [3.05, 3.63) is 33.9 Å². The largest absolute Gasteiger partial charge is 0.371 e. The first-order chi connectivity index (χ1) is 9.15. The number of rotatable bonds is 3. The molecular weight excluding hydrogens is 244 g/mol. The number of nitro groups is 1. The lowest BCUT2D eigenvalue weighted by Crippen LogP contribution is -2.38. The summed E-state index contributed by atoms with van der Waals surface area (Å²) in [6.45, 7) is 2.33. The van der Waals surface area contributed by atoms with Crippen molar-refractivity contribution in [3.63, 3.8) is 0 Å². The number of nitrogens with zero attached hydrogens (tertiary/aromatic N) is 3. The molecule has 0 amide bonds. The molecular formula is C13H16N4O2. The Hall–Kier alpha value is -2.13. The summed E-state index contributed by atoms with van der Waals surface area (Å²) >= 11 is 0. The van der Waals surface area contributed by atoms with Gasteiger partial charge in [-0.05, 0) is 37.4 Å². The molecule has 1 aliphatic heterocycles. The first kappa shape index (κ1) is 13.3. The number of piperidine rings is 1. The second kappa shape index (κ2) is 5.67. The predicted octanol–water partition coefficient (Wildman–Crippen LogP) is 1.64. The van der Waals surface area contributed by atoms with Crippen LogP contribution in [0, 0.1) is 27.4 Å². The molecule has 0 aromatic heterocycles. The van der Waals surface area contributed by atoms with Crippen molar-refractivity contribution in [1.82, 2.24) is 0 Å². The molecule has 100 valence electrons. The first-order valence-electron chi connectivity index (χ1n) is 6.29. The van der Waals surface area contributed by atoms with E-state index in [4.69, 9.17) is 11.0 Å². The normalized spacial score (nSPS) is 18.9. The summed E-state index contributed by atoms with van der Waals surface area (Å²) in [7, 11) is 0. The maximum Gasteiger partial charge on any atom is 0.289 e. The van der Waals surface area contributed by atoms with E-state index in [1.165, 1.54) is 12.1 Å². The van der Waals surface area contributed by atoms with Crippen molar-refractivity contribution in [2.24, 2.45) is 11.7 Å². The summed E-state index contributed by atoms with van der Waals surface area (Å²) < 4.78 is 0. The standard InChI is InChI=1S/C13H16N4O2/c14-7-10-2-1-5-16(9-10)12-4-3-11(8-15)13(6-12)17(18)19/h3-4,6,10H,1-2,5,7,9,14H2. The van der Waals surface area contributed by atoms with Crippen molar-refractivity contribution >= 4 is 11.4 Å². The smallest absolute Gasteiger partial charge is 0.289 e. The number of nitriles is 1. The molecule has 1 atom stereocenters. The molecule has 6 nitrogen and oxygen atoms in total. The van der Waals surface area contributed by atoms with Crippen molar-refractivity contribution in [2.45, 2.75) is 12.8 Å². The number of hydrogen-bond acceptors (Lipinski definition) is 5. The highest BCUT2D eigenvalue weighted by molar-refractivity contribution is 5.60. The second-order valence-electron chi connectivity index (χ2n) is 4.76. The number of hydrogen-bond donors (Lipinski definition) is 1. The van der Waals surface area contributed by atoms with E-state index < -0.39 is 4.92 Å². The Labute approximate surface area is 111 Å². The van der Waals surface area contributed by atoms with Crippen molar-refractivity contribution in [1.29, 1.82) is 5.26 Å². The summed E-state index contributed by atoms with van der Waals surface area (Å²) in [6.07, 6.45) is 2.14. The Bertz CT molecular complexity index is 524. The minimum Gasteiger partial charge on any atom is -0.371 e. The van der Waals surface area contributed by atoms with Gasteiger partial charge in [0.05, 0.1) is 4.92 Å². The van der Waals surface area contributed by atoms with Gasteiger partial charge >= 0.3 is 0 Å². The molecule has 1 saturated heterocycles. The molecule has 1 aliphatic rings. The summed E-state index contributed by atoms with van der Waals surface area (Å²) in [5.41, 5.74) is 6.45. The van der Waals surface area contributed by atoms with Gasteiger partial charge in [-0.1, -0.05) is 0 Å². The molecule has 19 heavy (non-hydrogen) atoms. The minimum atomic E-state index is -0.508. The zero-order valence-corrected chi connectivity index (χ0v) is 10.6. The van der Waals surface area contributed by atoms with Gasteiger partial charge in [-0.25, -0.2) is 0 Å². The molecule has 0 radical (unpaired) electrons. The van der Waals surface area contributed by atoms with E-state index in [2.05, 4.69) is 4.90 Å². The lowest BCUT2D eigenvalue weighted by molar-refractivity contribution is -0.385.